The third-order valence-electron chi connectivity index (χ3n) is 5.01. The Morgan fingerprint density at radius 3 is 3.00 bits per heavy atom. The Morgan fingerprint density at radius 1 is 1.26 bits per heavy atom. The molecule has 4 aromatic rings. The predicted molar refractivity (Wildman–Crippen MR) is 105 cm³/mol. The highest BCUT2D eigenvalue weighted by Crippen LogP contribution is 2.27. The first-order valence-corrected chi connectivity index (χ1v) is 8.75. The van der Waals surface area contributed by atoms with Gasteiger partial charge in [0.15, 0.2) is 5.65 Å². The van der Waals surface area contributed by atoms with E-state index in [1.807, 2.05) is 24.5 Å². The van der Waals surface area contributed by atoms with E-state index in [4.69, 9.17) is 4.98 Å². The second-order valence-corrected chi connectivity index (χ2v) is 6.61. The molecule has 8 heteroatoms. The lowest BCUT2D eigenvalue weighted by Crippen LogP contribution is -2.31. The van der Waals surface area contributed by atoms with Gasteiger partial charge in [0.2, 0.25) is 0 Å². The molecule has 4 aromatic heterocycles. The van der Waals surface area contributed by atoms with Crippen molar-refractivity contribution in [2.24, 2.45) is 0 Å². The van der Waals surface area contributed by atoms with Crippen LogP contribution in [-0.2, 0) is 0 Å². The highest BCUT2D eigenvalue weighted by atomic mass is 35.5. The van der Waals surface area contributed by atoms with Gasteiger partial charge in [-0.15, -0.1) is 12.4 Å². The lowest BCUT2D eigenvalue weighted by atomic mass is 10.1. The molecule has 1 N–H and O–H groups in total. The summed E-state index contributed by atoms with van der Waals surface area (Å²) in [5.74, 6) is 0. The summed E-state index contributed by atoms with van der Waals surface area (Å²) >= 11 is 0. The summed E-state index contributed by atoms with van der Waals surface area (Å²) in [6.45, 7) is 2.02. The SMILES string of the molecule is Cl.N#Cc1ccn2ncc(-c3ccc4ncn([C@H]5CCCNC5)c4n3)c2c1. The van der Waals surface area contributed by atoms with E-state index in [9.17, 15) is 5.26 Å². The molecule has 0 aliphatic carbocycles. The third-order valence-corrected chi connectivity index (χ3v) is 5.01. The van der Waals surface area contributed by atoms with Crippen molar-refractivity contribution in [3.63, 3.8) is 0 Å². The molecule has 7 nitrogen and oxygen atoms in total. The molecule has 1 fully saturated rings. The molecule has 5 heterocycles. The molecule has 0 unspecified atom stereocenters. The summed E-state index contributed by atoms with van der Waals surface area (Å²) in [7, 11) is 0. The number of nitriles is 1. The van der Waals surface area contributed by atoms with E-state index in [-0.39, 0.29) is 12.4 Å². The van der Waals surface area contributed by atoms with E-state index < -0.39 is 0 Å². The van der Waals surface area contributed by atoms with Crippen molar-refractivity contribution in [1.82, 2.24) is 29.5 Å². The van der Waals surface area contributed by atoms with E-state index >= 15 is 0 Å². The Hall–Kier alpha value is -2.95. The Bertz CT molecular complexity index is 1150. The lowest BCUT2D eigenvalue weighted by molar-refractivity contribution is 0.376. The van der Waals surface area contributed by atoms with Crippen LogP contribution in [0.4, 0.5) is 0 Å². The smallest absolute Gasteiger partial charge is 0.160 e. The monoisotopic (exact) mass is 379 g/mol. The van der Waals surface area contributed by atoms with Crippen molar-refractivity contribution in [1.29, 1.82) is 5.26 Å². The van der Waals surface area contributed by atoms with Crippen LogP contribution in [0.3, 0.4) is 0 Å². The predicted octanol–water partition coefficient (Wildman–Crippen LogP) is 2.96. The van der Waals surface area contributed by atoms with Gasteiger partial charge in [-0.25, -0.2) is 14.5 Å². The van der Waals surface area contributed by atoms with Crippen molar-refractivity contribution in [2.45, 2.75) is 18.9 Å². The topological polar surface area (TPSA) is 83.8 Å². The number of nitrogens with zero attached hydrogens (tertiary/aromatic N) is 6. The number of nitrogens with one attached hydrogen (secondary N) is 1. The molecule has 1 aliphatic rings. The minimum absolute atomic E-state index is 0. The van der Waals surface area contributed by atoms with Gasteiger partial charge in [-0.1, -0.05) is 0 Å². The lowest BCUT2D eigenvalue weighted by Gasteiger charge is -2.24. The molecular formula is C19H18ClN7. The van der Waals surface area contributed by atoms with Crippen molar-refractivity contribution in [3.8, 4) is 17.3 Å². The summed E-state index contributed by atoms with van der Waals surface area (Å²) in [6, 6.07) is 10.1. The molecule has 0 bridgehead atoms. The summed E-state index contributed by atoms with van der Waals surface area (Å²) in [4.78, 5) is 9.41. The number of piperidine rings is 1. The van der Waals surface area contributed by atoms with Gasteiger partial charge >= 0.3 is 0 Å². The highest BCUT2D eigenvalue weighted by Gasteiger charge is 2.18. The molecule has 27 heavy (non-hydrogen) atoms. The van der Waals surface area contributed by atoms with Crippen LogP contribution in [0.15, 0.2) is 43.0 Å². The van der Waals surface area contributed by atoms with Gasteiger partial charge in [-0.2, -0.15) is 10.4 Å². The number of pyridine rings is 2. The van der Waals surface area contributed by atoms with Crippen LogP contribution < -0.4 is 5.32 Å². The van der Waals surface area contributed by atoms with E-state index in [2.05, 4.69) is 26.0 Å². The average molecular weight is 380 g/mol. The van der Waals surface area contributed by atoms with Crippen molar-refractivity contribution < 1.29 is 0 Å². The molecule has 0 radical (unpaired) electrons. The number of hydrogen-bond acceptors (Lipinski definition) is 5. The van der Waals surface area contributed by atoms with Gasteiger partial charge in [-0.3, -0.25) is 0 Å². The largest absolute Gasteiger partial charge is 0.315 e. The number of halogens is 1. The van der Waals surface area contributed by atoms with Crippen LogP contribution in [-0.4, -0.2) is 37.2 Å². The van der Waals surface area contributed by atoms with E-state index in [0.29, 0.717) is 11.6 Å². The van der Waals surface area contributed by atoms with Crippen molar-refractivity contribution >= 4 is 29.1 Å². The van der Waals surface area contributed by atoms with Crippen LogP contribution in [0.2, 0.25) is 0 Å². The van der Waals surface area contributed by atoms with E-state index in [0.717, 1.165) is 53.9 Å². The zero-order chi connectivity index (χ0) is 17.5. The van der Waals surface area contributed by atoms with Gasteiger partial charge in [0, 0.05) is 24.3 Å². The molecule has 1 atom stereocenters. The molecular weight excluding hydrogens is 362 g/mol. The second-order valence-electron chi connectivity index (χ2n) is 6.61. The standard InChI is InChI=1S/C19H17N7.ClH/c20-9-13-5-7-26-18(8-13)15(11-23-26)16-3-4-17-19(24-16)25(12-22-17)14-2-1-6-21-10-14;/h3-5,7-8,11-12,14,21H,1-2,6,10H2;1H/t14-;/m0./s1. The minimum atomic E-state index is 0. The Labute approximate surface area is 162 Å². The molecule has 1 saturated heterocycles. The van der Waals surface area contributed by atoms with Crippen LogP contribution in [0, 0.1) is 11.3 Å². The molecule has 5 rings (SSSR count). The summed E-state index contributed by atoms with van der Waals surface area (Å²) in [5, 5.41) is 17.0. The van der Waals surface area contributed by atoms with Crippen molar-refractivity contribution in [3.05, 3.63) is 48.5 Å². The van der Waals surface area contributed by atoms with E-state index in [1.165, 1.54) is 0 Å². The molecule has 0 saturated carbocycles. The fraction of sp³-hybridized carbons (Fsp3) is 0.263. The van der Waals surface area contributed by atoms with Crippen LogP contribution in [0.1, 0.15) is 24.4 Å². The van der Waals surface area contributed by atoms with Gasteiger partial charge in [0.25, 0.3) is 0 Å². The fourth-order valence-corrected chi connectivity index (χ4v) is 3.65. The van der Waals surface area contributed by atoms with Gasteiger partial charge in [0.1, 0.15) is 5.52 Å². The second kappa shape index (κ2) is 6.99. The van der Waals surface area contributed by atoms with Gasteiger partial charge < -0.3 is 9.88 Å². The number of fused-ring (bicyclic) bond motifs is 2. The van der Waals surface area contributed by atoms with Gasteiger partial charge in [0.05, 0.1) is 35.4 Å². The first kappa shape index (κ1) is 17.5. The van der Waals surface area contributed by atoms with E-state index in [1.54, 1.807) is 23.0 Å². The maximum Gasteiger partial charge on any atom is 0.160 e. The molecule has 0 spiro atoms. The number of hydrogen-bond donors (Lipinski definition) is 1. The van der Waals surface area contributed by atoms with Crippen LogP contribution in [0.25, 0.3) is 27.9 Å². The first-order valence-electron chi connectivity index (χ1n) is 8.75. The first-order chi connectivity index (χ1) is 12.8. The van der Waals surface area contributed by atoms with Crippen LogP contribution >= 0.6 is 12.4 Å². The zero-order valence-electron chi connectivity index (χ0n) is 14.5. The average Bonchev–Trinajstić information content (AvgIpc) is 3.31. The van der Waals surface area contributed by atoms with Gasteiger partial charge in [-0.05, 0) is 43.7 Å². The Morgan fingerprint density at radius 2 is 2.19 bits per heavy atom. The molecule has 0 amide bonds. The summed E-state index contributed by atoms with van der Waals surface area (Å²) in [5.41, 5.74) is 5.03. The number of rotatable bonds is 2. The highest BCUT2D eigenvalue weighted by molar-refractivity contribution is 5.85. The summed E-state index contributed by atoms with van der Waals surface area (Å²) < 4.78 is 3.95. The normalized spacial score (nSPS) is 16.9. The minimum Gasteiger partial charge on any atom is -0.315 e. The summed E-state index contributed by atoms with van der Waals surface area (Å²) in [6.07, 6.45) is 7.78. The third kappa shape index (κ3) is 2.93. The number of aromatic nitrogens is 5. The van der Waals surface area contributed by atoms with Crippen molar-refractivity contribution in [2.75, 3.05) is 13.1 Å². The molecule has 0 aromatic carbocycles. The van der Waals surface area contributed by atoms with Crippen LogP contribution in [0.5, 0.6) is 0 Å². The zero-order valence-corrected chi connectivity index (χ0v) is 15.4. The maximum absolute atomic E-state index is 9.18. The maximum atomic E-state index is 9.18. The molecule has 136 valence electrons. The molecule has 1 aliphatic heterocycles. The number of imidazole rings is 1. The fourth-order valence-electron chi connectivity index (χ4n) is 3.65. The Kier molecular flexibility index (Phi) is 4.52. The Balaban J connectivity index is 0.00000180. The quantitative estimate of drug-likeness (QED) is 0.578.